The van der Waals surface area contributed by atoms with Crippen molar-refractivity contribution in [2.24, 2.45) is 0 Å². The van der Waals surface area contributed by atoms with E-state index in [1.807, 2.05) is 13.8 Å². The van der Waals surface area contributed by atoms with E-state index in [0.29, 0.717) is 115 Å². The van der Waals surface area contributed by atoms with Crippen LogP contribution >= 0.6 is 0 Å². The Labute approximate surface area is 564 Å². The van der Waals surface area contributed by atoms with Gasteiger partial charge in [0.2, 0.25) is 0 Å². The third-order valence-electron chi connectivity index (χ3n) is 15.9. The third-order valence-corrected chi connectivity index (χ3v) is 15.9. The van der Waals surface area contributed by atoms with E-state index in [1.54, 1.807) is 48.5 Å². The summed E-state index contributed by atoms with van der Waals surface area (Å²) in [5.74, 6) is -5.22. The second-order valence-corrected chi connectivity index (χ2v) is 23.5. The van der Waals surface area contributed by atoms with Crippen molar-refractivity contribution in [1.29, 1.82) is 0 Å². The van der Waals surface area contributed by atoms with E-state index in [9.17, 15) is 47.9 Å². The summed E-state index contributed by atoms with van der Waals surface area (Å²) in [6.07, 6.45) is 12.6. The Kier molecular flexibility index (Phi) is 34.4. The molecule has 520 valence electrons. The third kappa shape index (κ3) is 25.0. The molecule has 20 nitrogen and oxygen atoms in total. The van der Waals surface area contributed by atoms with E-state index in [0.717, 1.165) is 77.7 Å². The Balaban J connectivity index is 2.00. The Bertz CT molecular complexity index is 3140. The van der Waals surface area contributed by atoms with Crippen molar-refractivity contribution in [3.05, 3.63) is 141 Å². The van der Waals surface area contributed by atoms with Crippen LogP contribution in [-0.2, 0) is 82.9 Å². The molecule has 0 aromatic heterocycles. The average molecular weight is 1330 g/mol. The van der Waals surface area contributed by atoms with Gasteiger partial charge in [0.05, 0.1) is 67.1 Å². The van der Waals surface area contributed by atoms with Gasteiger partial charge in [-0.15, -0.1) is 0 Å². The maximum atomic E-state index is 14.8. The van der Waals surface area contributed by atoms with Crippen LogP contribution in [0.2, 0.25) is 0 Å². The first-order valence-corrected chi connectivity index (χ1v) is 33.8. The number of Topliss-reactive ketones (excluding diaryl/α,β-unsaturated/α-hetero) is 4. The lowest BCUT2D eigenvalue weighted by Gasteiger charge is -2.25. The summed E-state index contributed by atoms with van der Waals surface area (Å²) in [6.45, 7) is 14.6. The number of hydrogen-bond donors (Lipinski definition) is 0. The maximum Gasteiger partial charge on any atom is 0.417 e. The molecule has 0 aliphatic heterocycles. The zero-order valence-electron chi connectivity index (χ0n) is 57.0. The Morgan fingerprint density at radius 2 is 0.531 bits per heavy atom. The second kappa shape index (κ2) is 42.5. The van der Waals surface area contributed by atoms with Crippen LogP contribution in [0, 0.1) is 0 Å². The predicted octanol–water partition coefficient (Wildman–Crippen LogP) is 13.4. The highest BCUT2D eigenvalue weighted by molar-refractivity contribution is 6.30. The topological polar surface area (TPSA) is 263 Å². The molecule has 0 fully saturated rings. The molecule has 4 aromatic carbocycles. The number of carbonyl (C=O) groups is 10. The Morgan fingerprint density at radius 3 is 0.729 bits per heavy atom. The lowest BCUT2D eigenvalue weighted by Crippen LogP contribution is -2.20. The number of ether oxygens (including phenoxy) is 10. The van der Waals surface area contributed by atoms with E-state index >= 15 is 0 Å². The first-order chi connectivity index (χ1) is 46.4. The van der Waals surface area contributed by atoms with Gasteiger partial charge in [-0.3, -0.25) is 19.2 Å². The summed E-state index contributed by atoms with van der Waals surface area (Å²) in [5.41, 5.74) is 5.44. The van der Waals surface area contributed by atoms with Crippen molar-refractivity contribution in [2.75, 3.05) is 67.1 Å². The minimum atomic E-state index is -1.19. The lowest BCUT2D eigenvalue weighted by atomic mass is 9.86. The summed E-state index contributed by atoms with van der Waals surface area (Å²) < 4.78 is 57.9. The minimum Gasteiger partial charge on any atom is -0.493 e. The number of methoxy groups -OCH3 is 2. The minimum absolute atomic E-state index is 0.00254. The first kappa shape index (κ1) is 77.8. The quantitative estimate of drug-likeness (QED) is 0.00877. The van der Waals surface area contributed by atoms with Crippen molar-refractivity contribution >= 4 is 58.9 Å². The lowest BCUT2D eigenvalue weighted by molar-refractivity contribution is -0.166. The summed E-state index contributed by atoms with van der Waals surface area (Å²) >= 11 is 0. The van der Waals surface area contributed by atoms with Crippen LogP contribution in [0.15, 0.2) is 73.8 Å². The van der Waals surface area contributed by atoms with E-state index in [1.165, 1.54) is 0 Å². The van der Waals surface area contributed by atoms with Crippen molar-refractivity contribution in [1.82, 2.24) is 0 Å². The van der Waals surface area contributed by atoms with Crippen LogP contribution in [0.25, 0.3) is 0 Å². The molecule has 0 atom stereocenters. The van der Waals surface area contributed by atoms with E-state index < -0.39 is 35.8 Å². The summed E-state index contributed by atoms with van der Waals surface area (Å²) in [6, 6.07) is 14.2. The van der Waals surface area contributed by atoms with Gasteiger partial charge in [0.15, 0.2) is 23.1 Å². The molecule has 0 saturated carbocycles. The van der Waals surface area contributed by atoms with Gasteiger partial charge in [-0.2, -0.15) is 0 Å². The fraction of sp³-hybridized carbons (Fsp3) is 0.500. The molecule has 0 spiro atoms. The van der Waals surface area contributed by atoms with Crippen LogP contribution in [0.3, 0.4) is 0 Å². The van der Waals surface area contributed by atoms with Crippen LogP contribution in [0.1, 0.15) is 242 Å². The normalized spacial score (nSPS) is 11.5. The number of hydrogen-bond acceptors (Lipinski definition) is 20. The fourth-order valence-corrected chi connectivity index (χ4v) is 11.0. The summed E-state index contributed by atoms with van der Waals surface area (Å²) in [7, 11) is 2.13. The summed E-state index contributed by atoms with van der Waals surface area (Å²) in [4.78, 5) is 133. The molecular weight excluding hydrogens is 1230 g/mol. The average Bonchev–Trinajstić information content (AvgIpc) is 0.807. The van der Waals surface area contributed by atoms with Gasteiger partial charge in [0.1, 0.15) is 23.0 Å². The number of fused-ring (bicyclic) bond motifs is 8. The molecule has 1 aliphatic carbocycles. The Morgan fingerprint density at radius 1 is 0.312 bits per heavy atom. The van der Waals surface area contributed by atoms with Crippen molar-refractivity contribution < 1.29 is 95.3 Å². The zero-order chi connectivity index (χ0) is 69.8. The molecule has 4 aromatic rings. The molecule has 96 heavy (non-hydrogen) atoms. The number of carbonyl (C=O) groups excluding carboxylic acids is 10. The number of esters is 6. The molecule has 0 unspecified atom stereocenters. The van der Waals surface area contributed by atoms with Crippen molar-refractivity contribution in [2.45, 2.75) is 182 Å². The van der Waals surface area contributed by atoms with E-state index in [4.69, 9.17) is 37.9 Å². The second-order valence-electron chi connectivity index (χ2n) is 23.5. The van der Waals surface area contributed by atoms with Gasteiger partial charge in [-0.25, -0.2) is 28.8 Å². The molecule has 1 aliphatic rings. The van der Waals surface area contributed by atoms with Gasteiger partial charge in [-0.1, -0.05) is 92.2 Å². The zero-order valence-corrected chi connectivity index (χ0v) is 57.0. The first-order valence-electron chi connectivity index (χ1n) is 33.8. The highest BCUT2D eigenvalue weighted by Gasteiger charge is 2.28. The van der Waals surface area contributed by atoms with Crippen LogP contribution in [0.4, 0.5) is 0 Å². The molecule has 0 N–H and O–H groups in total. The highest BCUT2D eigenvalue weighted by Crippen LogP contribution is 2.42. The van der Waals surface area contributed by atoms with Gasteiger partial charge in [-0.05, 0) is 119 Å². The van der Waals surface area contributed by atoms with Crippen molar-refractivity contribution in [3.8, 4) is 23.0 Å². The number of benzene rings is 4. The number of rotatable bonds is 42. The molecule has 8 bridgehead atoms. The van der Waals surface area contributed by atoms with Crippen LogP contribution < -0.4 is 18.9 Å². The molecule has 0 saturated heterocycles. The van der Waals surface area contributed by atoms with Gasteiger partial charge < -0.3 is 47.4 Å². The SMILES string of the molecule is C=CC(=O)OCCCOc1c2cc(C(=O)CCCCC)cc1Cc1cc(C(=O)CCCCC)cc(c1OCCCOC(=O)C(=O)OC)Cc1cc(C(=O)CCCCC)cc(c1OCCCOC(=O)C(=O)OC)Cc1cc(C(=O)CCCCC)cc(c1OCCCOC(=O)C=C)C2. The van der Waals surface area contributed by atoms with Crippen LogP contribution in [0.5, 0.6) is 23.0 Å². The van der Waals surface area contributed by atoms with Gasteiger partial charge >= 0.3 is 35.8 Å². The fourth-order valence-electron chi connectivity index (χ4n) is 11.0. The smallest absolute Gasteiger partial charge is 0.417 e. The molecular formula is C76H96O20. The highest BCUT2D eigenvalue weighted by atomic mass is 16.6. The molecule has 5 rings (SSSR count). The van der Waals surface area contributed by atoms with E-state index in [2.05, 4.69) is 36.5 Å². The largest absolute Gasteiger partial charge is 0.493 e. The Hall–Kier alpha value is -8.94. The molecule has 0 amide bonds. The number of unbranched alkanes of at least 4 members (excludes halogenated alkanes) is 8. The van der Waals surface area contributed by atoms with Crippen LogP contribution in [-0.4, -0.2) is 126 Å². The van der Waals surface area contributed by atoms with E-state index in [-0.39, 0.29) is 153 Å². The maximum absolute atomic E-state index is 14.8. The standard InChI is InChI=1S/C76H96O20/c1-9-15-19-27-63(77)51-39-55-47-56-40-52(64(78)28-20-16-10-2)42-58(70(56)92-34-24-32-90-68(82)14-6)49-60-44-54(66(80)30-22-18-12-4)46-62(72(60)94-36-26-38-96-76(86)74(84)88-8)50-61-45-53(65(79)29-21-17-11-3)43-59(71(61)93-35-25-37-95-75(85)73(83)87-7)48-57(41-51)69(55)91-33-23-31-89-67(81)13-5/h13-14,39-46H,5-6,9-12,15-38,47-50H2,1-4,7-8H3. The summed E-state index contributed by atoms with van der Waals surface area (Å²) in [5, 5.41) is 0. The molecule has 20 heteroatoms. The van der Waals surface area contributed by atoms with Crippen molar-refractivity contribution in [3.63, 3.8) is 0 Å². The number of ketones is 4. The molecule has 0 heterocycles. The predicted molar refractivity (Wildman–Crippen MR) is 360 cm³/mol. The monoisotopic (exact) mass is 1330 g/mol. The molecule has 0 radical (unpaired) electrons. The van der Waals surface area contributed by atoms with Gasteiger partial charge in [0.25, 0.3) is 0 Å². The van der Waals surface area contributed by atoms with Gasteiger partial charge in [0, 0.05) is 111 Å².